The average Bonchev–Trinajstić information content (AvgIpc) is 2.96. The minimum absolute atomic E-state index is 0.0359. The Morgan fingerprint density at radius 1 is 1.75 bits per heavy atom. The van der Waals surface area contributed by atoms with E-state index in [9.17, 15) is 4.79 Å². The topological polar surface area (TPSA) is 67.2 Å². The van der Waals surface area contributed by atoms with Gasteiger partial charge in [-0.1, -0.05) is 6.92 Å². The molecule has 1 saturated heterocycles. The van der Waals surface area contributed by atoms with Gasteiger partial charge >= 0.3 is 0 Å². The average molecular weight is 223 g/mol. The van der Waals surface area contributed by atoms with Crippen LogP contribution in [0.5, 0.6) is 0 Å². The van der Waals surface area contributed by atoms with Crippen molar-refractivity contribution >= 4 is 5.91 Å². The monoisotopic (exact) mass is 223 g/mol. The third-order valence-corrected chi connectivity index (χ3v) is 2.74. The van der Waals surface area contributed by atoms with Gasteiger partial charge in [-0.15, -0.1) is 0 Å². The number of aryl methyl sites for hydroxylation is 1. The second-order valence-corrected chi connectivity index (χ2v) is 3.94. The maximum Gasteiger partial charge on any atom is 0.237 e. The Morgan fingerprint density at radius 2 is 2.62 bits per heavy atom. The molecule has 1 aromatic heterocycles. The molecular weight excluding hydrogens is 206 g/mol. The van der Waals surface area contributed by atoms with Gasteiger partial charge in [0.05, 0.1) is 18.8 Å². The minimum Gasteiger partial charge on any atom is -0.444 e. The Kier molecular flexibility index (Phi) is 3.56. The van der Waals surface area contributed by atoms with Crippen LogP contribution in [0.2, 0.25) is 0 Å². The molecule has 0 aromatic carbocycles. The summed E-state index contributed by atoms with van der Waals surface area (Å²) in [6, 6.07) is -0.0411. The van der Waals surface area contributed by atoms with Crippen LogP contribution in [0.4, 0.5) is 0 Å². The highest BCUT2D eigenvalue weighted by atomic mass is 16.4. The van der Waals surface area contributed by atoms with E-state index in [0.29, 0.717) is 12.4 Å². The third-order valence-electron chi connectivity index (χ3n) is 2.74. The first-order valence-electron chi connectivity index (χ1n) is 5.74. The van der Waals surface area contributed by atoms with Crippen LogP contribution in [-0.4, -0.2) is 23.5 Å². The lowest BCUT2D eigenvalue weighted by Crippen LogP contribution is -2.40. The highest BCUT2D eigenvalue weighted by Gasteiger charge is 2.21. The number of amides is 1. The number of nitrogens with one attached hydrogen (secondary N) is 2. The van der Waals surface area contributed by atoms with Crippen molar-refractivity contribution in [2.75, 3.05) is 6.54 Å². The molecule has 1 aromatic rings. The van der Waals surface area contributed by atoms with Crippen LogP contribution < -0.4 is 10.6 Å². The van der Waals surface area contributed by atoms with Crippen molar-refractivity contribution in [1.82, 2.24) is 15.6 Å². The molecule has 1 unspecified atom stereocenters. The molecule has 0 radical (unpaired) electrons. The summed E-state index contributed by atoms with van der Waals surface area (Å²) in [6.07, 6.45) is 4.51. The van der Waals surface area contributed by atoms with E-state index < -0.39 is 0 Å². The number of aromatic nitrogens is 1. The van der Waals surface area contributed by atoms with Crippen molar-refractivity contribution in [2.45, 2.75) is 38.8 Å². The maximum absolute atomic E-state index is 11.7. The maximum atomic E-state index is 11.7. The van der Waals surface area contributed by atoms with Crippen LogP contribution in [0, 0.1) is 0 Å². The van der Waals surface area contributed by atoms with Gasteiger partial charge in [0.1, 0.15) is 5.76 Å². The van der Waals surface area contributed by atoms with Gasteiger partial charge in [0.25, 0.3) is 0 Å². The summed E-state index contributed by atoms with van der Waals surface area (Å²) in [6.45, 7) is 3.30. The molecule has 88 valence electrons. The highest BCUT2D eigenvalue weighted by Crippen LogP contribution is 2.06. The molecular formula is C11H17N3O2. The zero-order valence-electron chi connectivity index (χ0n) is 9.45. The smallest absolute Gasteiger partial charge is 0.237 e. The van der Waals surface area contributed by atoms with Gasteiger partial charge in [0.15, 0.2) is 0 Å². The van der Waals surface area contributed by atoms with E-state index in [1.54, 1.807) is 6.20 Å². The van der Waals surface area contributed by atoms with Crippen molar-refractivity contribution in [2.24, 2.45) is 0 Å². The van der Waals surface area contributed by atoms with Crippen molar-refractivity contribution in [3.63, 3.8) is 0 Å². The fourth-order valence-electron chi connectivity index (χ4n) is 1.79. The molecule has 2 heterocycles. The number of nitrogens with zero attached hydrogens (tertiary/aromatic N) is 1. The number of rotatable bonds is 4. The largest absolute Gasteiger partial charge is 0.444 e. The predicted molar refractivity (Wildman–Crippen MR) is 58.8 cm³/mol. The first-order chi connectivity index (χ1) is 7.79. The third kappa shape index (κ3) is 2.61. The molecule has 1 aliphatic heterocycles. The lowest BCUT2D eigenvalue weighted by atomic mass is 10.2. The van der Waals surface area contributed by atoms with Gasteiger partial charge in [-0.05, 0) is 19.4 Å². The van der Waals surface area contributed by atoms with Crippen molar-refractivity contribution in [3.8, 4) is 0 Å². The van der Waals surface area contributed by atoms with Gasteiger partial charge in [-0.3, -0.25) is 4.79 Å². The first kappa shape index (κ1) is 11.1. The summed E-state index contributed by atoms with van der Waals surface area (Å²) in [5.74, 6) is 1.46. The van der Waals surface area contributed by atoms with Gasteiger partial charge < -0.3 is 15.1 Å². The zero-order chi connectivity index (χ0) is 11.4. The summed E-state index contributed by atoms with van der Waals surface area (Å²) < 4.78 is 5.40. The molecule has 2 N–H and O–H groups in total. The second-order valence-electron chi connectivity index (χ2n) is 3.94. The Hall–Kier alpha value is -1.36. The number of hydrogen-bond acceptors (Lipinski definition) is 4. The molecule has 5 heteroatoms. The summed E-state index contributed by atoms with van der Waals surface area (Å²) in [7, 11) is 0. The van der Waals surface area contributed by atoms with Crippen LogP contribution in [0.3, 0.4) is 0 Å². The molecule has 16 heavy (non-hydrogen) atoms. The minimum atomic E-state index is -0.0411. The summed E-state index contributed by atoms with van der Waals surface area (Å²) in [5.41, 5.74) is 0. The molecule has 1 atom stereocenters. The standard InChI is InChI=1S/C11H17N3O2/c1-2-8-6-13-10(16-8)7-14-11(15)9-4-3-5-12-9/h6,9,12H,2-5,7H2,1H3,(H,14,15). The number of hydrogen-bond donors (Lipinski definition) is 2. The first-order valence-corrected chi connectivity index (χ1v) is 5.74. The summed E-state index contributed by atoms with van der Waals surface area (Å²) in [4.78, 5) is 15.7. The van der Waals surface area contributed by atoms with Crippen molar-refractivity contribution < 1.29 is 9.21 Å². The van der Waals surface area contributed by atoms with Gasteiger partial charge in [-0.2, -0.15) is 0 Å². The fraction of sp³-hybridized carbons (Fsp3) is 0.636. The predicted octanol–water partition coefficient (Wildman–Crippen LogP) is 0.605. The molecule has 1 aliphatic rings. The number of oxazole rings is 1. The van der Waals surface area contributed by atoms with Crippen molar-refractivity contribution in [1.29, 1.82) is 0 Å². The van der Waals surface area contributed by atoms with E-state index in [4.69, 9.17) is 4.42 Å². The molecule has 0 saturated carbocycles. The fourth-order valence-corrected chi connectivity index (χ4v) is 1.79. The molecule has 5 nitrogen and oxygen atoms in total. The van der Waals surface area contributed by atoms with E-state index in [2.05, 4.69) is 15.6 Å². The van der Waals surface area contributed by atoms with Gasteiger partial charge in [0, 0.05) is 6.42 Å². The van der Waals surface area contributed by atoms with E-state index >= 15 is 0 Å². The van der Waals surface area contributed by atoms with Crippen LogP contribution in [-0.2, 0) is 17.8 Å². The van der Waals surface area contributed by atoms with Gasteiger partial charge in [-0.25, -0.2) is 4.98 Å². The Morgan fingerprint density at radius 3 is 3.25 bits per heavy atom. The SMILES string of the molecule is CCc1cnc(CNC(=O)C2CCCN2)o1. The summed E-state index contributed by atoms with van der Waals surface area (Å²) in [5, 5.41) is 5.97. The highest BCUT2D eigenvalue weighted by molar-refractivity contribution is 5.81. The van der Waals surface area contributed by atoms with Crippen molar-refractivity contribution in [3.05, 3.63) is 17.8 Å². The Balaban J connectivity index is 1.80. The molecule has 0 spiro atoms. The van der Waals surface area contributed by atoms with Crippen LogP contribution in [0.1, 0.15) is 31.4 Å². The Labute approximate surface area is 94.6 Å². The van der Waals surface area contributed by atoms with Crippen LogP contribution in [0.15, 0.2) is 10.6 Å². The van der Waals surface area contributed by atoms with Crippen LogP contribution in [0.25, 0.3) is 0 Å². The van der Waals surface area contributed by atoms with E-state index in [0.717, 1.165) is 31.6 Å². The lowest BCUT2D eigenvalue weighted by molar-refractivity contribution is -0.123. The van der Waals surface area contributed by atoms with Gasteiger partial charge in [0.2, 0.25) is 11.8 Å². The lowest BCUT2D eigenvalue weighted by Gasteiger charge is -2.09. The summed E-state index contributed by atoms with van der Waals surface area (Å²) >= 11 is 0. The number of carbonyl (C=O) groups excluding carboxylic acids is 1. The molecule has 1 fully saturated rings. The number of carbonyl (C=O) groups is 1. The Bertz CT molecular complexity index is 356. The van der Waals surface area contributed by atoms with Crippen LogP contribution >= 0.6 is 0 Å². The molecule has 0 bridgehead atoms. The zero-order valence-corrected chi connectivity index (χ0v) is 9.45. The normalized spacial score (nSPS) is 19.9. The molecule has 2 rings (SSSR count). The van der Waals surface area contributed by atoms with E-state index in [1.807, 2.05) is 6.92 Å². The van der Waals surface area contributed by atoms with E-state index in [1.165, 1.54) is 0 Å². The van der Waals surface area contributed by atoms with E-state index in [-0.39, 0.29) is 11.9 Å². The second kappa shape index (κ2) is 5.12. The molecule has 1 amide bonds. The quantitative estimate of drug-likeness (QED) is 0.784. The molecule has 0 aliphatic carbocycles.